The van der Waals surface area contributed by atoms with Gasteiger partial charge < -0.3 is 19.7 Å². The smallest absolute Gasteiger partial charge is 0.377 e. The van der Waals surface area contributed by atoms with Crippen molar-refractivity contribution in [1.29, 1.82) is 0 Å². The summed E-state index contributed by atoms with van der Waals surface area (Å²) < 4.78 is 9.53. The first-order valence-corrected chi connectivity index (χ1v) is 4.93. The summed E-state index contributed by atoms with van der Waals surface area (Å²) >= 11 is 0. The van der Waals surface area contributed by atoms with Gasteiger partial charge in [0.2, 0.25) is 5.76 Å². The van der Waals surface area contributed by atoms with Gasteiger partial charge in [-0.3, -0.25) is 0 Å². The van der Waals surface area contributed by atoms with E-state index in [0.717, 1.165) is 0 Å². The van der Waals surface area contributed by atoms with Crippen molar-refractivity contribution in [2.75, 3.05) is 6.61 Å². The highest BCUT2D eigenvalue weighted by Crippen LogP contribution is 2.14. The van der Waals surface area contributed by atoms with Crippen LogP contribution in [-0.2, 0) is 14.3 Å². The van der Waals surface area contributed by atoms with Crippen LogP contribution in [0.4, 0.5) is 0 Å². The van der Waals surface area contributed by atoms with E-state index in [0.29, 0.717) is 5.57 Å². The molecule has 0 saturated heterocycles. The van der Waals surface area contributed by atoms with E-state index < -0.39 is 11.9 Å². The molecule has 0 spiro atoms. The number of rotatable bonds is 6. The van der Waals surface area contributed by atoms with Crippen LogP contribution in [0.15, 0.2) is 24.0 Å². The maximum Gasteiger partial charge on any atom is 0.377 e. The van der Waals surface area contributed by atoms with E-state index in [9.17, 15) is 4.79 Å². The van der Waals surface area contributed by atoms with Crippen molar-refractivity contribution >= 4 is 5.97 Å². The third-order valence-electron chi connectivity index (χ3n) is 1.70. The van der Waals surface area contributed by atoms with Gasteiger partial charge in [-0.15, -0.1) is 0 Å². The lowest BCUT2D eigenvalue weighted by Gasteiger charge is -2.20. The van der Waals surface area contributed by atoms with Gasteiger partial charge in [0.05, 0.1) is 0 Å². The molecule has 0 amide bonds. The van der Waals surface area contributed by atoms with Crippen LogP contribution in [0.5, 0.6) is 0 Å². The van der Waals surface area contributed by atoms with Crippen LogP contribution in [0, 0.1) is 0 Å². The molecule has 0 saturated carbocycles. The monoisotopic (exact) mass is 230 g/mol. The van der Waals surface area contributed by atoms with Crippen molar-refractivity contribution in [2.24, 2.45) is 0 Å². The lowest BCUT2D eigenvalue weighted by Crippen LogP contribution is -2.34. The zero-order valence-electron chi connectivity index (χ0n) is 9.82. The SMILES string of the molecule is C=CCOC(C(=O)OC(O)(O)CC)=C(C)C. The van der Waals surface area contributed by atoms with Gasteiger partial charge in [0, 0.05) is 6.42 Å². The second-order valence-corrected chi connectivity index (χ2v) is 3.42. The Hall–Kier alpha value is -1.33. The summed E-state index contributed by atoms with van der Waals surface area (Å²) in [4.78, 5) is 11.5. The Balaban J connectivity index is 4.66. The van der Waals surface area contributed by atoms with E-state index in [1.165, 1.54) is 13.0 Å². The van der Waals surface area contributed by atoms with E-state index in [1.807, 2.05) is 0 Å². The Morgan fingerprint density at radius 1 is 1.44 bits per heavy atom. The van der Waals surface area contributed by atoms with Gasteiger partial charge in [0.1, 0.15) is 6.61 Å². The van der Waals surface area contributed by atoms with Crippen LogP contribution in [0.3, 0.4) is 0 Å². The normalized spacial score (nSPS) is 10.6. The second-order valence-electron chi connectivity index (χ2n) is 3.42. The summed E-state index contributed by atoms with van der Waals surface area (Å²) in [5.74, 6) is -3.41. The largest absolute Gasteiger partial charge is 0.482 e. The number of hydrogen-bond acceptors (Lipinski definition) is 5. The molecule has 5 nitrogen and oxygen atoms in total. The van der Waals surface area contributed by atoms with Crippen LogP contribution in [0.1, 0.15) is 27.2 Å². The molecule has 16 heavy (non-hydrogen) atoms. The van der Waals surface area contributed by atoms with Crippen LogP contribution in [0.2, 0.25) is 0 Å². The molecule has 0 aromatic carbocycles. The molecule has 0 rings (SSSR count). The molecule has 0 aliphatic carbocycles. The molecule has 0 aromatic rings. The molecule has 92 valence electrons. The standard InChI is InChI=1S/C11H18O5/c1-5-7-15-9(8(3)4)10(12)16-11(13,14)6-2/h5,13-14H,1,6-7H2,2-4H3. The van der Waals surface area contributed by atoms with Gasteiger partial charge in [-0.25, -0.2) is 4.79 Å². The van der Waals surface area contributed by atoms with Gasteiger partial charge in [-0.05, 0) is 19.4 Å². The average Bonchev–Trinajstić information content (AvgIpc) is 2.17. The van der Waals surface area contributed by atoms with Crippen molar-refractivity contribution in [3.05, 3.63) is 24.0 Å². The Morgan fingerprint density at radius 3 is 2.38 bits per heavy atom. The first-order valence-electron chi connectivity index (χ1n) is 4.93. The zero-order chi connectivity index (χ0) is 12.8. The zero-order valence-corrected chi connectivity index (χ0v) is 9.82. The molecule has 0 fully saturated rings. The van der Waals surface area contributed by atoms with Crippen LogP contribution < -0.4 is 0 Å². The fourth-order valence-electron chi connectivity index (χ4n) is 0.817. The first kappa shape index (κ1) is 14.7. The topological polar surface area (TPSA) is 76.0 Å². The molecule has 5 heteroatoms. The van der Waals surface area contributed by atoms with Crippen LogP contribution >= 0.6 is 0 Å². The summed E-state index contributed by atoms with van der Waals surface area (Å²) in [6.45, 7) is 8.37. The fourth-order valence-corrected chi connectivity index (χ4v) is 0.817. The molecular formula is C11H18O5. The average molecular weight is 230 g/mol. The Kier molecular flexibility index (Phi) is 5.77. The van der Waals surface area contributed by atoms with Crippen molar-refractivity contribution < 1.29 is 24.5 Å². The molecule has 0 aliphatic rings. The highest BCUT2D eigenvalue weighted by Gasteiger charge is 2.28. The number of allylic oxidation sites excluding steroid dienone is 1. The summed E-state index contributed by atoms with van der Waals surface area (Å²) in [7, 11) is 0. The minimum atomic E-state index is -2.46. The summed E-state index contributed by atoms with van der Waals surface area (Å²) in [5, 5.41) is 18.3. The number of ether oxygens (including phenoxy) is 2. The lowest BCUT2D eigenvalue weighted by atomic mass is 10.3. The predicted molar refractivity (Wildman–Crippen MR) is 58.1 cm³/mol. The predicted octanol–water partition coefficient (Wildman–Crippen LogP) is 1.07. The van der Waals surface area contributed by atoms with Gasteiger partial charge in [0.25, 0.3) is 0 Å². The fraction of sp³-hybridized carbons (Fsp3) is 0.545. The highest BCUT2D eigenvalue weighted by molar-refractivity contribution is 5.87. The first-order chi connectivity index (χ1) is 7.34. The third kappa shape index (κ3) is 4.95. The second kappa shape index (κ2) is 6.30. The Bertz CT molecular complexity index is 287. The summed E-state index contributed by atoms with van der Waals surface area (Å²) in [6.07, 6.45) is 1.34. The number of esters is 1. The van der Waals surface area contributed by atoms with Gasteiger partial charge in [0.15, 0.2) is 0 Å². The molecule has 0 heterocycles. The lowest BCUT2D eigenvalue weighted by molar-refractivity contribution is -0.319. The van der Waals surface area contributed by atoms with E-state index >= 15 is 0 Å². The van der Waals surface area contributed by atoms with Crippen LogP contribution in [0.25, 0.3) is 0 Å². The quantitative estimate of drug-likeness (QED) is 0.235. The van der Waals surface area contributed by atoms with E-state index in [2.05, 4.69) is 11.3 Å². The molecule has 0 aliphatic heterocycles. The molecule has 0 unspecified atom stereocenters. The number of carbonyl (C=O) groups excluding carboxylic acids is 1. The maximum absolute atomic E-state index is 11.5. The van der Waals surface area contributed by atoms with Gasteiger partial charge in [-0.2, -0.15) is 0 Å². The number of hydrogen-bond donors (Lipinski definition) is 2. The van der Waals surface area contributed by atoms with Crippen LogP contribution in [-0.4, -0.2) is 28.8 Å². The minimum absolute atomic E-state index is 0.0409. The third-order valence-corrected chi connectivity index (χ3v) is 1.70. The minimum Gasteiger partial charge on any atom is -0.482 e. The van der Waals surface area contributed by atoms with E-state index in [4.69, 9.17) is 14.9 Å². The van der Waals surface area contributed by atoms with Crippen molar-refractivity contribution in [3.8, 4) is 0 Å². The molecule has 0 atom stereocenters. The van der Waals surface area contributed by atoms with E-state index in [1.54, 1.807) is 13.8 Å². The summed E-state index contributed by atoms with van der Waals surface area (Å²) in [6, 6.07) is 0. The Morgan fingerprint density at radius 2 is 2.00 bits per heavy atom. The number of aliphatic hydroxyl groups is 2. The van der Waals surface area contributed by atoms with Crippen molar-refractivity contribution in [3.63, 3.8) is 0 Å². The highest BCUT2D eigenvalue weighted by atomic mass is 16.8. The van der Waals surface area contributed by atoms with Crippen molar-refractivity contribution in [1.82, 2.24) is 0 Å². The van der Waals surface area contributed by atoms with Gasteiger partial charge >= 0.3 is 11.9 Å². The molecule has 0 aromatic heterocycles. The molecule has 2 N–H and O–H groups in total. The molecule has 0 radical (unpaired) electrons. The Labute approximate surface area is 95.0 Å². The van der Waals surface area contributed by atoms with E-state index in [-0.39, 0.29) is 18.8 Å². The molecule has 0 bridgehead atoms. The summed E-state index contributed by atoms with van der Waals surface area (Å²) in [5.41, 5.74) is 0.582. The molecular weight excluding hydrogens is 212 g/mol. The van der Waals surface area contributed by atoms with Gasteiger partial charge in [-0.1, -0.05) is 19.6 Å². The maximum atomic E-state index is 11.5. The van der Waals surface area contributed by atoms with Crippen molar-refractivity contribution in [2.45, 2.75) is 33.2 Å². The number of carbonyl (C=O) groups is 1.